The van der Waals surface area contributed by atoms with Crippen molar-refractivity contribution in [2.45, 2.75) is 24.1 Å². The van der Waals surface area contributed by atoms with Crippen LogP contribution in [-0.4, -0.2) is 44.8 Å². The van der Waals surface area contributed by atoms with Crippen molar-refractivity contribution in [3.63, 3.8) is 0 Å². The fraction of sp³-hybridized carbons (Fsp3) is 0.316. The van der Waals surface area contributed by atoms with Crippen molar-refractivity contribution in [2.24, 2.45) is 5.73 Å². The van der Waals surface area contributed by atoms with Gasteiger partial charge in [-0.2, -0.15) is 13.2 Å². The van der Waals surface area contributed by atoms with Gasteiger partial charge in [-0.1, -0.05) is 5.21 Å². The summed E-state index contributed by atoms with van der Waals surface area (Å²) in [6.07, 6.45) is -3.64. The minimum Gasteiger partial charge on any atom is -0.490 e. The van der Waals surface area contributed by atoms with Gasteiger partial charge in [0.05, 0.1) is 23.0 Å². The first kappa shape index (κ1) is 20.2. The van der Waals surface area contributed by atoms with Crippen LogP contribution in [0.4, 0.5) is 17.6 Å². The zero-order chi connectivity index (χ0) is 21.7. The van der Waals surface area contributed by atoms with Gasteiger partial charge in [-0.3, -0.25) is 5.10 Å². The van der Waals surface area contributed by atoms with E-state index in [2.05, 4.69) is 20.4 Å². The van der Waals surface area contributed by atoms with E-state index in [1.807, 2.05) is 0 Å². The number of ether oxygens (including phenoxy) is 1. The molecule has 4 rings (SSSR count). The number of pyridine rings is 1. The summed E-state index contributed by atoms with van der Waals surface area (Å²) < 4.78 is 60.4. The lowest BCUT2D eigenvalue weighted by atomic mass is 9.80. The molecular weight excluding hydrogens is 406 g/mol. The summed E-state index contributed by atoms with van der Waals surface area (Å²) in [5, 5.41) is 20.5. The lowest BCUT2D eigenvalue weighted by Crippen LogP contribution is -2.49. The molecule has 7 nitrogen and oxygen atoms in total. The van der Waals surface area contributed by atoms with E-state index >= 15 is 0 Å². The van der Waals surface area contributed by atoms with Crippen molar-refractivity contribution < 1.29 is 27.4 Å². The minimum atomic E-state index is -5.07. The molecule has 0 amide bonds. The van der Waals surface area contributed by atoms with E-state index in [1.54, 1.807) is 6.92 Å². The molecule has 0 spiro atoms. The van der Waals surface area contributed by atoms with Crippen LogP contribution in [0.1, 0.15) is 23.9 Å². The first-order valence-electron chi connectivity index (χ1n) is 8.90. The predicted molar refractivity (Wildman–Crippen MR) is 97.0 cm³/mol. The van der Waals surface area contributed by atoms with Crippen LogP contribution in [0.15, 0.2) is 36.5 Å². The zero-order valence-corrected chi connectivity index (χ0v) is 15.7. The molecule has 1 aliphatic rings. The largest absolute Gasteiger partial charge is 0.490 e. The van der Waals surface area contributed by atoms with E-state index in [0.29, 0.717) is 16.8 Å². The van der Waals surface area contributed by atoms with E-state index in [-0.39, 0.29) is 18.1 Å². The number of fused-ring (bicyclic) bond motifs is 1. The van der Waals surface area contributed by atoms with Gasteiger partial charge in [0.25, 0.3) is 0 Å². The average Bonchev–Trinajstić information content (AvgIpc) is 3.36. The average molecular weight is 423 g/mol. The number of hydrogen-bond donors (Lipinski definition) is 3. The van der Waals surface area contributed by atoms with E-state index in [0.717, 1.165) is 18.2 Å². The van der Waals surface area contributed by atoms with Gasteiger partial charge in [-0.15, -0.1) is 5.10 Å². The van der Waals surface area contributed by atoms with Crippen molar-refractivity contribution in [2.75, 3.05) is 13.2 Å². The van der Waals surface area contributed by atoms with E-state index in [1.165, 1.54) is 18.3 Å². The highest BCUT2D eigenvalue weighted by Crippen LogP contribution is 2.49. The molecule has 3 heterocycles. The standard InChI is InChI=1S/C19H17F4N5O2/c1-17(14-7-25-28-27-14)9-30-16-12(17)6-13(18(29,8-24)19(21,22)23)26-15(16)10-2-4-11(20)5-3-10/h2-7,29H,8-9,24H2,1H3,(H,25,27,28)/t17-,18?/m0/s1. The third kappa shape index (κ3) is 2.92. The maximum atomic E-state index is 13.7. The summed E-state index contributed by atoms with van der Waals surface area (Å²) in [6.45, 7) is 0.675. The number of nitrogens with two attached hydrogens (primary N) is 1. The summed E-state index contributed by atoms with van der Waals surface area (Å²) in [5.41, 5.74) is 1.53. The molecule has 1 aliphatic heterocycles. The highest BCUT2D eigenvalue weighted by atomic mass is 19.4. The van der Waals surface area contributed by atoms with Crippen LogP contribution in [0.25, 0.3) is 11.3 Å². The quantitative estimate of drug-likeness (QED) is 0.556. The SMILES string of the molecule is C[C@]1(c2cnn[nH]2)COc2c1cc(C(O)(CN)C(F)(F)F)nc2-c1ccc(F)cc1. The van der Waals surface area contributed by atoms with Crippen LogP contribution in [0, 0.1) is 5.82 Å². The monoisotopic (exact) mass is 423 g/mol. The molecule has 1 unspecified atom stereocenters. The van der Waals surface area contributed by atoms with Gasteiger partial charge >= 0.3 is 6.18 Å². The molecule has 0 bridgehead atoms. The molecule has 0 saturated carbocycles. The molecule has 2 atom stereocenters. The number of rotatable bonds is 4. The Morgan fingerprint density at radius 2 is 1.97 bits per heavy atom. The molecule has 0 radical (unpaired) electrons. The number of aromatic nitrogens is 4. The molecule has 0 fully saturated rings. The number of nitrogens with one attached hydrogen (secondary N) is 1. The van der Waals surface area contributed by atoms with Crippen LogP contribution >= 0.6 is 0 Å². The molecule has 4 N–H and O–H groups in total. The van der Waals surface area contributed by atoms with Crippen LogP contribution in [0.3, 0.4) is 0 Å². The van der Waals surface area contributed by atoms with Gasteiger partial charge in [0.15, 0.2) is 0 Å². The van der Waals surface area contributed by atoms with Gasteiger partial charge in [0.1, 0.15) is 23.9 Å². The predicted octanol–water partition coefficient (Wildman–Crippen LogP) is 2.41. The van der Waals surface area contributed by atoms with Gasteiger partial charge in [0.2, 0.25) is 5.60 Å². The normalized spacial score (nSPS) is 20.5. The molecule has 2 aromatic heterocycles. The third-order valence-electron chi connectivity index (χ3n) is 5.39. The smallest absolute Gasteiger partial charge is 0.424 e. The van der Waals surface area contributed by atoms with E-state index < -0.39 is 35.2 Å². The van der Waals surface area contributed by atoms with Crippen molar-refractivity contribution in [3.05, 3.63) is 59.3 Å². The number of alkyl halides is 3. The number of nitrogens with zero attached hydrogens (tertiary/aromatic N) is 3. The number of halogens is 4. The fourth-order valence-electron chi connectivity index (χ4n) is 3.45. The van der Waals surface area contributed by atoms with Crippen molar-refractivity contribution in [1.82, 2.24) is 20.4 Å². The van der Waals surface area contributed by atoms with Crippen LogP contribution in [0.2, 0.25) is 0 Å². The Bertz CT molecular complexity index is 1070. The Balaban J connectivity index is 2.01. The Morgan fingerprint density at radius 1 is 1.27 bits per heavy atom. The maximum absolute atomic E-state index is 13.7. The van der Waals surface area contributed by atoms with E-state index in [4.69, 9.17) is 10.5 Å². The third-order valence-corrected chi connectivity index (χ3v) is 5.39. The second-order valence-corrected chi connectivity index (χ2v) is 7.29. The van der Waals surface area contributed by atoms with Crippen molar-refractivity contribution >= 4 is 0 Å². The summed E-state index contributed by atoms with van der Waals surface area (Å²) in [5.74, 6) is -0.293. The topological polar surface area (TPSA) is 110 Å². The summed E-state index contributed by atoms with van der Waals surface area (Å²) >= 11 is 0. The second kappa shape index (κ2) is 6.74. The summed E-state index contributed by atoms with van der Waals surface area (Å²) in [6, 6.07) is 6.18. The number of aliphatic hydroxyl groups is 1. The molecule has 0 saturated heterocycles. The lowest BCUT2D eigenvalue weighted by Gasteiger charge is -2.30. The zero-order valence-electron chi connectivity index (χ0n) is 15.7. The van der Waals surface area contributed by atoms with Gasteiger partial charge in [-0.05, 0) is 37.3 Å². The van der Waals surface area contributed by atoms with Crippen molar-refractivity contribution in [3.8, 4) is 17.0 Å². The molecule has 0 aliphatic carbocycles. The summed E-state index contributed by atoms with van der Waals surface area (Å²) in [4.78, 5) is 4.06. The molecular formula is C19H17F4N5O2. The minimum absolute atomic E-state index is 0.0369. The fourth-order valence-corrected chi connectivity index (χ4v) is 3.45. The maximum Gasteiger partial charge on any atom is 0.424 e. The van der Waals surface area contributed by atoms with Crippen molar-refractivity contribution in [1.29, 1.82) is 0 Å². The highest BCUT2D eigenvalue weighted by Gasteiger charge is 2.56. The van der Waals surface area contributed by atoms with Gasteiger partial charge < -0.3 is 15.6 Å². The molecule has 1 aromatic carbocycles. The first-order valence-corrected chi connectivity index (χ1v) is 8.90. The Hall–Kier alpha value is -3.05. The van der Waals surface area contributed by atoms with Crippen LogP contribution < -0.4 is 10.5 Å². The highest BCUT2D eigenvalue weighted by molar-refractivity contribution is 5.71. The Kier molecular flexibility index (Phi) is 4.55. The number of hydrogen-bond acceptors (Lipinski definition) is 6. The summed E-state index contributed by atoms with van der Waals surface area (Å²) in [7, 11) is 0. The lowest BCUT2D eigenvalue weighted by molar-refractivity contribution is -0.263. The number of benzene rings is 1. The van der Waals surface area contributed by atoms with Gasteiger partial charge in [-0.25, -0.2) is 9.37 Å². The number of H-pyrrole nitrogens is 1. The van der Waals surface area contributed by atoms with Gasteiger partial charge in [0, 0.05) is 17.7 Å². The Morgan fingerprint density at radius 3 is 2.53 bits per heavy atom. The number of aromatic amines is 1. The molecule has 11 heteroatoms. The first-order chi connectivity index (χ1) is 14.1. The molecule has 3 aromatic rings. The van der Waals surface area contributed by atoms with Crippen LogP contribution in [-0.2, 0) is 11.0 Å². The van der Waals surface area contributed by atoms with Crippen LogP contribution in [0.5, 0.6) is 5.75 Å². The molecule has 158 valence electrons. The Labute approximate surface area is 167 Å². The van der Waals surface area contributed by atoms with E-state index in [9.17, 15) is 22.7 Å². The molecule has 30 heavy (non-hydrogen) atoms. The second-order valence-electron chi connectivity index (χ2n) is 7.29.